The predicted octanol–water partition coefficient (Wildman–Crippen LogP) is 2.83. The van der Waals surface area contributed by atoms with Gasteiger partial charge >= 0.3 is 5.97 Å². The number of hydrogen-bond donors (Lipinski definition) is 1. The Kier molecular flexibility index (Phi) is 2.42. The molecule has 1 N–H and O–H groups in total. The zero-order valence-corrected chi connectivity index (χ0v) is 9.80. The van der Waals surface area contributed by atoms with E-state index < -0.39 is 11.4 Å². The molecule has 3 saturated carbocycles. The van der Waals surface area contributed by atoms with Gasteiger partial charge in [0.1, 0.15) is 0 Å². The summed E-state index contributed by atoms with van der Waals surface area (Å²) in [7, 11) is 0. The molecular formula is C14H17NO2. The summed E-state index contributed by atoms with van der Waals surface area (Å²) in [5.74, 6) is 0.322. The molecule has 2 bridgehead atoms. The van der Waals surface area contributed by atoms with Gasteiger partial charge in [0.15, 0.2) is 0 Å². The molecular weight excluding hydrogens is 214 g/mol. The number of fused-ring (bicyclic) bond motifs is 3. The normalized spacial score (nSPS) is 35.8. The van der Waals surface area contributed by atoms with E-state index in [1.165, 1.54) is 0 Å². The molecule has 0 amide bonds. The van der Waals surface area contributed by atoms with Crippen LogP contribution in [0.1, 0.15) is 43.6 Å². The summed E-state index contributed by atoms with van der Waals surface area (Å²) in [6, 6.07) is 3.96. The van der Waals surface area contributed by atoms with Crippen molar-refractivity contribution in [2.24, 2.45) is 11.3 Å². The van der Waals surface area contributed by atoms with E-state index in [9.17, 15) is 9.90 Å². The lowest BCUT2D eigenvalue weighted by molar-refractivity contribution is -0.157. The topological polar surface area (TPSA) is 50.2 Å². The van der Waals surface area contributed by atoms with Crippen molar-refractivity contribution in [2.45, 2.75) is 38.0 Å². The summed E-state index contributed by atoms with van der Waals surface area (Å²) in [4.78, 5) is 15.7. The van der Waals surface area contributed by atoms with Crippen LogP contribution >= 0.6 is 0 Å². The maximum Gasteiger partial charge on any atom is 0.310 e. The fourth-order valence-electron chi connectivity index (χ4n) is 3.75. The lowest BCUT2D eigenvalue weighted by Crippen LogP contribution is -2.46. The molecule has 1 aromatic heterocycles. The Balaban J connectivity index is 2.01. The Morgan fingerprint density at radius 3 is 2.53 bits per heavy atom. The molecule has 90 valence electrons. The average Bonchev–Trinajstić information content (AvgIpc) is 2.41. The number of nitrogens with zero attached hydrogens (tertiary/aromatic N) is 1. The summed E-state index contributed by atoms with van der Waals surface area (Å²) >= 11 is 0. The fraction of sp³-hybridized carbons (Fsp3) is 0.571. The number of pyridine rings is 1. The second-order valence-corrected chi connectivity index (χ2v) is 5.47. The second kappa shape index (κ2) is 3.83. The van der Waals surface area contributed by atoms with E-state index in [0.29, 0.717) is 0 Å². The van der Waals surface area contributed by atoms with Crippen molar-refractivity contribution < 1.29 is 9.90 Å². The maximum absolute atomic E-state index is 11.7. The molecule has 3 aliphatic rings. The van der Waals surface area contributed by atoms with E-state index in [-0.39, 0.29) is 5.92 Å². The number of carbonyl (C=O) groups is 1. The molecule has 1 atom stereocenters. The minimum atomic E-state index is -0.600. The van der Waals surface area contributed by atoms with E-state index in [1.54, 1.807) is 12.4 Å². The Hall–Kier alpha value is -1.38. The van der Waals surface area contributed by atoms with Crippen LogP contribution < -0.4 is 0 Å². The quantitative estimate of drug-likeness (QED) is 0.851. The molecule has 1 heterocycles. The number of aliphatic carboxylic acids is 1. The van der Waals surface area contributed by atoms with Crippen molar-refractivity contribution in [3.63, 3.8) is 0 Å². The van der Waals surface area contributed by atoms with Crippen molar-refractivity contribution in [3.8, 4) is 0 Å². The van der Waals surface area contributed by atoms with Gasteiger partial charge in [-0.1, -0.05) is 0 Å². The minimum Gasteiger partial charge on any atom is -0.481 e. The molecule has 0 aromatic carbocycles. The molecule has 0 aliphatic heterocycles. The highest BCUT2D eigenvalue weighted by Crippen LogP contribution is 2.57. The third kappa shape index (κ3) is 1.56. The third-order valence-corrected chi connectivity index (χ3v) is 4.77. The van der Waals surface area contributed by atoms with Gasteiger partial charge in [0.25, 0.3) is 0 Å². The molecule has 3 aliphatic carbocycles. The largest absolute Gasteiger partial charge is 0.481 e. The monoisotopic (exact) mass is 231 g/mol. The number of aromatic nitrogens is 1. The lowest BCUT2D eigenvalue weighted by atomic mass is 9.53. The number of carboxylic acids is 1. The predicted molar refractivity (Wildman–Crippen MR) is 63.6 cm³/mol. The van der Waals surface area contributed by atoms with Crippen molar-refractivity contribution in [1.29, 1.82) is 0 Å². The zero-order valence-electron chi connectivity index (χ0n) is 9.80. The van der Waals surface area contributed by atoms with Crippen LogP contribution in [0.5, 0.6) is 0 Å². The zero-order chi connectivity index (χ0) is 11.9. The first-order valence-corrected chi connectivity index (χ1v) is 6.36. The summed E-state index contributed by atoms with van der Waals surface area (Å²) in [6.45, 7) is 0. The van der Waals surface area contributed by atoms with E-state index in [1.807, 2.05) is 12.1 Å². The van der Waals surface area contributed by atoms with Gasteiger partial charge in [-0.2, -0.15) is 0 Å². The summed E-state index contributed by atoms with van der Waals surface area (Å²) in [5.41, 5.74) is 0.655. The molecule has 4 rings (SSSR count). The lowest BCUT2D eigenvalue weighted by Gasteiger charge is -2.49. The van der Waals surface area contributed by atoms with Gasteiger partial charge in [-0.25, -0.2) is 0 Å². The van der Waals surface area contributed by atoms with E-state index in [0.717, 1.165) is 43.6 Å². The van der Waals surface area contributed by atoms with Crippen molar-refractivity contribution in [3.05, 3.63) is 30.1 Å². The number of hydrogen-bond acceptors (Lipinski definition) is 2. The number of rotatable bonds is 2. The first-order chi connectivity index (χ1) is 8.22. The second-order valence-electron chi connectivity index (χ2n) is 5.47. The molecule has 1 aromatic rings. The molecule has 0 spiro atoms. The van der Waals surface area contributed by atoms with Crippen LogP contribution in [0.4, 0.5) is 0 Å². The average molecular weight is 231 g/mol. The maximum atomic E-state index is 11.7. The van der Waals surface area contributed by atoms with E-state index in [4.69, 9.17) is 0 Å². The van der Waals surface area contributed by atoms with Gasteiger partial charge in [-0.15, -0.1) is 0 Å². The molecule has 1 unspecified atom stereocenters. The summed E-state index contributed by atoms with van der Waals surface area (Å²) in [5, 5.41) is 9.63. The van der Waals surface area contributed by atoms with Crippen LogP contribution in [0.25, 0.3) is 0 Å². The SMILES string of the molecule is O=C(O)C12CCC(CC1)CC2c1ccncc1. The summed E-state index contributed by atoms with van der Waals surface area (Å²) < 4.78 is 0. The van der Waals surface area contributed by atoms with Crippen molar-refractivity contribution in [2.75, 3.05) is 0 Å². The highest BCUT2D eigenvalue weighted by atomic mass is 16.4. The van der Waals surface area contributed by atoms with Crippen LogP contribution in [0.3, 0.4) is 0 Å². The van der Waals surface area contributed by atoms with Gasteiger partial charge in [0, 0.05) is 18.3 Å². The van der Waals surface area contributed by atoms with Gasteiger partial charge in [-0.3, -0.25) is 9.78 Å². The van der Waals surface area contributed by atoms with Crippen LogP contribution in [-0.4, -0.2) is 16.1 Å². The molecule has 17 heavy (non-hydrogen) atoms. The van der Waals surface area contributed by atoms with Crippen LogP contribution in [0, 0.1) is 11.3 Å². The standard InChI is InChI=1S/C14H17NO2/c16-13(17)14-5-1-10(2-6-14)9-12(14)11-3-7-15-8-4-11/h3-4,7-8,10,12H,1-2,5-6,9H2,(H,16,17). The molecule has 0 radical (unpaired) electrons. The van der Waals surface area contributed by atoms with E-state index >= 15 is 0 Å². The molecule has 3 fully saturated rings. The molecule has 0 saturated heterocycles. The third-order valence-electron chi connectivity index (χ3n) is 4.77. The number of carboxylic acid groups (broad SMARTS) is 1. The van der Waals surface area contributed by atoms with Crippen LogP contribution in [0.15, 0.2) is 24.5 Å². The van der Waals surface area contributed by atoms with Crippen LogP contribution in [0.2, 0.25) is 0 Å². The fourth-order valence-corrected chi connectivity index (χ4v) is 3.75. The van der Waals surface area contributed by atoms with Gasteiger partial charge in [-0.05, 0) is 55.7 Å². The van der Waals surface area contributed by atoms with Crippen molar-refractivity contribution in [1.82, 2.24) is 4.98 Å². The Labute approximate surface area is 101 Å². The first kappa shape index (κ1) is 10.8. The smallest absolute Gasteiger partial charge is 0.310 e. The Morgan fingerprint density at radius 2 is 1.94 bits per heavy atom. The van der Waals surface area contributed by atoms with Gasteiger partial charge in [0.2, 0.25) is 0 Å². The van der Waals surface area contributed by atoms with Crippen molar-refractivity contribution >= 4 is 5.97 Å². The Morgan fingerprint density at radius 1 is 1.29 bits per heavy atom. The highest BCUT2D eigenvalue weighted by molar-refractivity contribution is 5.76. The Bertz CT molecular complexity index is 421. The molecule has 3 nitrogen and oxygen atoms in total. The van der Waals surface area contributed by atoms with Gasteiger partial charge in [0.05, 0.1) is 5.41 Å². The van der Waals surface area contributed by atoms with E-state index in [2.05, 4.69) is 4.98 Å². The van der Waals surface area contributed by atoms with Gasteiger partial charge < -0.3 is 5.11 Å². The summed E-state index contributed by atoms with van der Waals surface area (Å²) in [6.07, 6.45) is 8.46. The molecule has 3 heteroatoms. The van der Waals surface area contributed by atoms with Crippen LogP contribution in [-0.2, 0) is 4.79 Å². The first-order valence-electron chi connectivity index (χ1n) is 6.36. The highest BCUT2D eigenvalue weighted by Gasteiger charge is 2.53. The minimum absolute atomic E-state index is 0.190.